The Morgan fingerprint density at radius 1 is 1.17 bits per heavy atom. The molecule has 0 amide bonds. The molecule has 0 aromatic rings. The van der Waals surface area contributed by atoms with Gasteiger partial charge in [-0.1, -0.05) is 26.2 Å². The average Bonchev–Trinajstić information content (AvgIpc) is 2.66. The first-order chi connectivity index (χ1) is 5.87. The highest BCUT2D eigenvalue weighted by Gasteiger charge is 2.43. The molecule has 1 unspecified atom stereocenters. The van der Waals surface area contributed by atoms with Crippen molar-refractivity contribution in [2.24, 2.45) is 5.41 Å². The second kappa shape index (κ2) is 3.37. The molecule has 2 rings (SSSR count). The van der Waals surface area contributed by atoms with Crippen LogP contribution in [-0.2, 0) is 0 Å². The normalized spacial score (nSPS) is 33.2. The fourth-order valence-corrected chi connectivity index (χ4v) is 3.38. The van der Waals surface area contributed by atoms with Crippen molar-refractivity contribution in [2.75, 3.05) is 6.54 Å². The van der Waals surface area contributed by atoms with Gasteiger partial charge in [-0.25, -0.2) is 0 Å². The second-order valence-electron chi connectivity index (χ2n) is 4.57. The van der Waals surface area contributed by atoms with E-state index in [0.29, 0.717) is 0 Å². The van der Waals surface area contributed by atoms with Crippen LogP contribution >= 0.6 is 0 Å². The number of hydrogen-bond donors (Lipinski definition) is 1. The highest BCUT2D eigenvalue weighted by atomic mass is 14.9. The topological polar surface area (TPSA) is 12.0 Å². The lowest BCUT2D eigenvalue weighted by atomic mass is 9.81. The molecule has 0 aliphatic heterocycles. The predicted molar refractivity (Wildman–Crippen MR) is 52.2 cm³/mol. The fraction of sp³-hybridized carbons (Fsp3) is 1.00. The highest BCUT2D eigenvalue weighted by Crippen LogP contribution is 2.50. The summed E-state index contributed by atoms with van der Waals surface area (Å²) in [6.07, 6.45) is 10.4. The lowest BCUT2D eigenvalue weighted by Gasteiger charge is -2.31. The van der Waals surface area contributed by atoms with Crippen LogP contribution in [0.2, 0.25) is 0 Å². The number of nitrogens with one attached hydrogen (secondary N) is 1. The lowest BCUT2D eigenvalue weighted by Crippen LogP contribution is -2.39. The van der Waals surface area contributed by atoms with E-state index in [0.717, 1.165) is 18.0 Å². The van der Waals surface area contributed by atoms with Crippen molar-refractivity contribution in [3.05, 3.63) is 0 Å². The zero-order valence-corrected chi connectivity index (χ0v) is 8.23. The third kappa shape index (κ3) is 1.28. The molecule has 1 nitrogen and oxygen atoms in total. The molecule has 2 aliphatic carbocycles. The number of hydrogen-bond acceptors (Lipinski definition) is 1. The summed E-state index contributed by atoms with van der Waals surface area (Å²) in [6.45, 7) is 3.40. The minimum Gasteiger partial charge on any atom is -0.314 e. The largest absolute Gasteiger partial charge is 0.314 e. The Kier molecular flexibility index (Phi) is 2.40. The summed E-state index contributed by atoms with van der Waals surface area (Å²) >= 11 is 0. The number of rotatable bonds is 2. The maximum Gasteiger partial charge on any atom is 0.0123 e. The molecule has 1 N–H and O–H groups in total. The van der Waals surface area contributed by atoms with Crippen LogP contribution in [0, 0.1) is 5.41 Å². The first kappa shape index (κ1) is 8.55. The standard InChI is InChI=1S/C11H21N/c1-2-12-10-6-5-9-11(10)7-3-4-8-11/h10,12H,2-9H2,1H3. The van der Waals surface area contributed by atoms with Crippen molar-refractivity contribution in [1.29, 1.82) is 0 Å². The van der Waals surface area contributed by atoms with Crippen molar-refractivity contribution in [3.8, 4) is 0 Å². The van der Waals surface area contributed by atoms with Crippen LogP contribution in [0.15, 0.2) is 0 Å². The van der Waals surface area contributed by atoms with Gasteiger partial charge in [0.05, 0.1) is 0 Å². The molecule has 0 aromatic heterocycles. The van der Waals surface area contributed by atoms with E-state index in [9.17, 15) is 0 Å². The highest BCUT2D eigenvalue weighted by molar-refractivity contribution is 4.98. The third-order valence-corrected chi connectivity index (χ3v) is 3.96. The summed E-state index contributed by atoms with van der Waals surface area (Å²) in [7, 11) is 0. The molecule has 70 valence electrons. The van der Waals surface area contributed by atoms with E-state index in [4.69, 9.17) is 0 Å². The van der Waals surface area contributed by atoms with Gasteiger partial charge in [0.2, 0.25) is 0 Å². The van der Waals surface area contributed by atoms with E-state index in [1.807, 2.05) is 0 Å². The molecular weight excluding hydrogens is 146 g/mol. The molecule has 1 spiro atoms. The molecule has 12 heavy (non-hydrogen) atoms. The van der Waals surface area contributed by atoms with Crippen LogP contribution in [0.4, 0.5) is 0 Å². The molecule has 0 aromatic carbocycles. The molecule has 0 radical (unpaired) electrons. The summed E-state index contributed by atoms with van der Waals surface area (Å²) in [6, 6.07) is 0.866. The van der Waals surface area contributed by atoms with Gasteiger partial charge in [-0.15, -0.1) is 0 Å². The molecule has 0 bridgehead atoms. The Hall–Kier alpha value is -0.0400. The van der Waals surface area contributed by atoms with Crippen LogP contribution < -0.4 is 5.32 Å². The van der Waals surface area contributed by atoms with Crippen LogP contribution in [0.1, 0.15) is 51.9 Å². The van der Waals surface area contributed by atoms with Gasteiger partial charge >= 0.3 is 0 Å². The Morgan fingerprint density at radius 2 is 1.83 bits per heavy atom. The Morgan fingerprint density at radius 3 is 2.50 bits per heavy atom. The quantitative estimate of drug-likeness (QED) is 0.667. The predicted octanol–water partition coefficient (Wildman–Crippen LogP) is 2.71. The molecule has 0 saturated heterocycles. The van der Waals surface area contributed by atoms with E-state index >= 15 is 0 Å². The Labute approximate surface area is 75.9 Å². The summed E-state index contributed by atoms with van der Waals surface area (Å²) in [5, 5.41) is 3.68. The SMILES string of the molecule is CCNC1CCCC12CCCC2. The molecule has 2 saturated carbocycles. The third-order valence-electron chi connectivity index (χ3n) is 3.96. The van der Waals surface area contributed by atoms with Gasteiger partial charge in [0, 0.05) is 6.04 Å². The summed E-state index contributed by atoms with van der Waals surface area (Å²) in [5.74, 6) is 0. The first-order valence-corrected chi connectivity index (χ1v) is 5.61. The van der Waals surface area contributed by atoms with Crippen molar-refractivity contribution < 1.29 is 0 Å². The van der Waals surface area contributed by atoms with Crippen LogP contribution in [0.25, 0.3) is 0 Å². The molecule has 1 heteroatoms. The van der Waals surface area contributed by atoms with E-state index in [2.05, 4.69) is 12.2 Å². The smallest absolute Gasteiger partial charge is 0.0123 e. The van der Waals surface area contributed by atoms with Gasteiger partial charge in [-0.2, -0.15) is 0 Å². The van der Waals surface area contributed by atoms with Gasteiger partial charge in [0.1, 0.15) is 0 Å². The minimum absolute atomic E-state index is 0.746. The molecular formula is C11H21N. The van der Waals surface area contributed by atoms with Gasteiger partial charge in [0.15, 0.2) is 0 Å². The van der Waals surface area contributed by atoms with Crippen LogP contribution in [0.3, 0.4) is 0 Å². The van der Waals surface area contributed by atoms with Gasteiger partial charge < -0.3 is 5.32 Å². The summed E-state index contributed by atoms with van der Waals surface area (Å²) in [5.41, 5.74) is 0.746. The van der Waals surface area contributed by atoms with Gasteiger partial charge in [0.25, 0.3) is 0 Å². The monoisotopic (exact) mass is 167 g/mol. The van der Waals surface area contributed by atoms with Crippen molar-refractivity contribution >= 4 is 0 Å². The Bertz CT molecular complexity index is 142. The van der Waals surface area contributed by atoms with Gasteiger partial charge in [-0.3, -0.25) is 0 Å². The molecule has 1 atom stereocenters. The first-order valence-electron chi connectivity index (χ1n) is 5.61. The van der Waals surface area contributed by atoms with Crippen molar-refractivity contribution in [1.82, 2.24) is 5.32 Å². The maximum absolute atomic E-state index is 3.68. The van der Waals surface area contributed by atoms with E-state index in [1.54, 1.807) is 0 Å². The summed E-state index contributed by atoms with van der Waals surface area (Å²) < 4.78 is 0. The van der Waals surface area contributed by atoms with E-state index < -0.39 is 0 Å². The lowest BCUT2D eigenvalue weighted by molar-refractivity contribution is 0.235. The van der Waals surface area contributed by atoms with Gasteiger partial charge in [-0.05, 0) is 37.6 Å². The van der Waals surface area contributed by atoms with Crippen molar-refractivity contribution in [3.63, 3.8) is 0 Å². The molecule has 0 heterocycles. The zero-order chi connectivity index (χ0) is 8.44. The molecule has 2 fully saturated rings. The fourth-order valence-electron chi connectivity index (χ4n) is 3.38. The van der Waals surface area contributed by atoms with E-state index in [-0.39, 0.29) is 0 Å². The van der Waals surface area contributed by atoms with Crippen LogP contribution in [-0.4, -0.2) is 12.6 Å². The zero-order valence-electron chi connectivity index (χ0n) is 8.23. The van der Waals surface area contributed by atoms with Crippen molar-refractivity contribution in [2.45, 2.75) is 57.9 Å². The average molecular weight is 167 g/mol. The maximum atomic E-state index is 3.68. The van der Waals surface area contributed by atoms with Crippen LogP contribution in [0.5, 0.6) is 0 Å². The van der Waals surface area contributed by atoms with E-state index in [1.165, 1.54) is 44.9 Å². The minimum atomic E-state index is 0.746. The second-order valence-corrected chi connectivity index (χ2v) is 4.57. The molecule has 2 aliphatic rings. The summed E-state index contributed by atoms with van der Waals surface area (Å²) in [4.78, 5) is 0. The Balaban J connectivity index is 2.01.